The van der Waals surface area contributed by atoms with Gasteiger partial charge in [0.2, 0.25) is 0 Å². The van der Waals surface area contributed by atoms with E-state index in [0.29, 0.717) is 0 Å². The van der Waals surface area contributed by atoms with Crippen LogP contribution in [0.15, 0.2) is 0 Å². The summed E-state index contributed by atoms with van der Waals surface area (Å²) in [6.07, 6.45) is 0.0703. The summed E-state index contributed by atoms with van der Waals surface area (Å²) in [6.45, 7) is 2.64. The Morgan fingerprint density at radius 1 is 1.75 bits per heavy atom. The third-order valence-corrected chi connectivity index (χ3v) is 3.20. The molecule has 0 aromatic heterocycles. The summed E-state index contributed by atoms with van der Waals surface area (Å²) < 4.78 is 39.8. The second kappa shape index (κ2) is 3.79. The molecule has 0 rings (SSSR count). The van der Waals surface area contributed by atoms with Gasteiger partial charge in [0.15, 0.2) is 0 Å². The molecular formula is C5H12F2NO3P. The molecule has 0 spiro atoms. The van der Waals surface area contributed by atoms with Crippen LogP contribution < -0.4 is 5.90 Å². The highest BCUT2D eigenvalue weighted by Gasteiger charge is 2.54. The molecule has 2 unspecified atom stereocenters. The zero-order valence-corrected chi connectivity index (χ0v) is 7.72. The fraction of sp³-hybridized carbons (Fsp3) is 1.00. The summed E-state index contributed by atoms with van der Waals surface area (Å²) >= 11 is 0. The SMILES string of the molecule is CCC(C)C(F)(F)P(=O)(O)ON. The topological polar surface area (TPSA) is 72.5 Å². The van der Waals surface area contributed by atoms with Gasteiger partial charge in [0, 0.05) is 5.92 Å². The van der Waals surface area contributed by atoms with Crippen LogP contribution in [0.5, 0.6) is 0 Å². The largest absolute Gasteiger partial charge is 0.413 e. The lowest BCUT2D eigenvalue weighted by atomic mass is 10.1. The van der Waals surface area contributed by atoms with E-state index in [9.17, 15) is 13.3 Å². The van der Waals surface area contributed by atoms with E-state index in [-0.39, 0.29) is 6.42 Å². The van der Waals surface area contributed by atoms with Gasteiger partial charge in [0.05, 0.1) is 0 Å². The van der Waals surface area contributed by atoms with E-state index >= 15 is 0 Å². The summed E-state index contributed by atoms with van der Waals surface area (Å²) in [4.78, 5) is 8.61. The molecule has 4 nitrogen and oxygen atoms in total. The summed E-state index contributed by atoms with van der Waals surface area (Å²) in [7, 11) is -5.00. The predicted molar refractivity (Wildman–Crippen MR) is 39.5 cm³/mol. The van der Waals surface area contributed by atoms with Gasteiger partial charge in [0.25, 0.3) is 0 Å². The average molecular weight is 203 g/mol. The molecule has 0 aromatic rings. The molecule has 0 aliphatic heterocycles. The highest BCUT2D eigenvalue weighted by Crippen LogP contribution is 2.60. The Hall–Kier alpha value is -0.0300. The lowest BCUT2D eigenvalue weighted by Gasteiger charge is -2.24. The van der Waals surface area contributed by atoms with E-state index < -0.39 is 19.2 Å². The molecule has 0 aromatic carbocycles. The number of halogens is 2. The van der Waals surface area contributed by atoms with Gasteiger partial charge in [-0.2, -0.15) is 8.78 Å². The lowest BCUT2D eigenvalue weighted by molar-refractivity contribution is -0.00122. The maximum Gasteiger partial charge on any atom is 0.413 e. The Bertz CT molecular complexity index is 199. The zero-order chi connectivity index (χ0) is 9.99. The van der Waals surface area contributed by atoms with Crippen LogP contribution in [0.3, 0.4) is 0 Å². The van der Waals surface area contributed by atoms with Crippen molar-refractivity contribution in [1.29, 1.82) is 0 Å². The minimum absolute atomic E-state index is 0.0703. The Balaban J connectivity index is 4.71. The first-order chi connectivity index (χ1) is 5.29. The Labute approximate surface area is 69.2 Å². The van der Waals surface area contributed by atoms with E-state index in [0.717, 1.165) is 6.92 Å². The molecule has 0 saturated heterocycles. The molecule has 0 heterocycles. The van der Waals surface area contributed by atoms with Crippen LogP contribution in [0.25, 0.3) is 0 Å². The fourth-order valence-corrected chi connectivity index (χ4v) is 1.47. The molecule has 0 amide bonds. The van der Waals surface area contributed by atoms with Gasteiger partial charge >= 0.3 is 13.3 Å². The van der Waals surface area contributed by atoms with E-state index in [4.69, 9.17) is 4.89 Å². The van der Waals surface area contributed by atoms with Crippen molar-refractivity contribution in [3.8, 4) is 0 Å². The first-order valence-corrected chi connectivity index (χ1v) is 4.96. The van der Waals surface area contributed by atoms with Gasteiger partial charge in [-0.3, -0.25) is 4.57 Å². The van der Waals surface area contributed by atoms with Gasteiger partial charge in [-0.15, -0.1) is 0 Å². The van der Waals surface area contributed by atoms with Crippen molar-refractivity contribution >= 4 is 7.60 Å². The van der Waals surface area contributed by atoms with Crippen LogP contribution in [0.1, 0.15) is 20.3 Å². The fourth-order valence-electron chi connectivity index (χ4n) is 0.594. The van der Waals surface area contributed by atoms with Crippen molar-refractivity contribution in [2.75, 3.05) is 0 Å². The quantitative estimate of drug-likeness (QED) is 0.538. The van der Waals surface area contributed by atoms with Crippen LogP contribution in [0, 0.1) is 5.92 Å². The van der Waals surface area contributed by atoms with Crippen molar-refractivity contribution in [2.45, 2.75) is 25.9 Å². The van der Waals surface area contributed by atoms with E-state index in [2.05, 4.69) is 10.5 Å². The van der Waals surface area contributed by atoms with Crippen LogP contribution >= 0.6 is 7.60 Å². The summed E-state index contributed by atoms with van der Waals surface area (Å²) in [5.74, 6) is 3.05. The van der Waals surface area contributed by atoms with Gasteiger partial charge in [-0.25, -0.2) is 10.5 Å². The predicted octanol–water partition coefficient (Wildman–Crippen LogP) is 1.70. The second-order valence-corrected chi connectivity index (χ2v) is 4.37. The minimum Gasteiger partial charge on any atom is -0.319 e. The van der Waals surface area contributed by atoms with Crippen LogP contribution in [-0.2, 0) is 9.19 Å². The van der Waals surface area contributed by atoms with Gasteiger partial charge < -0.3 is 4.89 Å². The van der Waals surface area contributed by atoms with E-state index in [1.807, 2.05) is 0 Å². The van der Waals surface area contributed by atoms with Crippen molar-refractivity contribution in [3.05, 3.63) is 0 Å². The molecule has 0 fully saturated rings. The molecule has 3 N–H and O–H groups in total. The Morgan fingerprint density at radius 2 is 2.17 bits per heavy atom. The van der Waals surface area contributed by atoms with Crippen molar-refractivity contribution in [2.24, 2.45) is 11.8 Å². The van der Waals surface area contributed by atoms with Gasteiger partial charge in [-0.05, 0) is 6.42 Å². The molecule has 0 bridgehead atoms. The molecule has 12 heavy (non-hydrogen) atoms. The van der Waals surface area contributed by atoms with E-state index in [1.54, 1.807) is 0 Å². The minimum atomic E-state index is -5.00. The number of hydrogen-bond donors (Lipinski definition) is 2. The molecule has 0 aliphatic rings. The standard InChI is InChI=1S/C5H12F2NO3P/c1-3-4(2)5(6,7)12(9,10)11-8/h4H,3,8H2,1-2H3,(H,9,10). The first-order valence-electron chi connectivity index (χ1n) is 3.38. The third kappa shape index (κ3) is 2.01. The Morgan fingerprint density at radius 3 is 2.42 bits per heavy atom. The Kier molecular flexibility index (Phi) is 3.78. The maximum absolute atomic E-state index is 12.9. The molecule has 7 heteroatoms. The molecule has 2 atom stereocenters. The molecule has 0 radical (unpaired) electrons. The zero-order valence-electron chi connectivity index (χ0n) is 6.83. The van der Waals surface area contributed by atoms with Gasteiger partial charge in [0.1, 0.15) is 0 Å². The van der Waals surface area contributed by atoms with Crippen LogP contribution in [-0.4, -0.2) is 10.6 Å². The van der Waals surface area contributed by atoms with Crippen LogP contribution in [0.4, 0.5) is 8.78 Å². The normalized spacial score (nSPS) is 20.2. The monoisotopic (exact) mass is 203 g/mol. The maximum atomic E-state index is 12.9. The number of nitrogens with two attached hydrogens (primary N) is 1. The van der Waals surface area contributed by atoms with Crippen molar-refractivity contribution in [3.63, 3.8) is 0 Å². The molecular weight excluding hydrogens is 191 g/mol. The average Bonchev–Trinajstić information content (AvgIpc) is 2.02. The van der Waals surface area contributed by atoms with Gasteiger partial charge in [-0.1, -0.05) is 13.8 Å². The lowest BCUT2D eigenvalue weighted by Crippen LogP contribution is -2.27. The number of rotatable bonds is 4. The third-order valence-electron chi connectivity index (χ3n) is 1.72. The smallest absolute Gasteiger partial charge is 0.319 e. The van der Waals surface area contributed by atoms with E-state index in [1.165, 1.54) is 6.92 Å². The first kappa shape index (κ1) is 12.0. The summed E-state index contributed by atoms with van der Waals surface area (Å²) in [5, 5.41) is 0. The molecule has 0 aliphatic carbocycles. The molecule has 74 valence electrons. The van der Waals surface area contributed by atoms with Crippen molar-refractivity contribution in [1.82, 2.24) is 0 Å². The highest BCUT2D eigenvalue weighted by atomic mass is 31.2. The second-order valence-electron chi connectivity index (χ2n) is 2.52. The number of alkyl halides is 2. The highest BCUT2D eigenvalue weighted by molar-refractivity contribution is 7.54. The summed E-state index contributed by atoms with van der Waals surface area (Å²) in [5.41, 5.74) is -3.78. The van der Waals surface area contributed by atoms with Crippen LogP contribution in [0.2, 0.25) is 0 Å². The molecule has 0 saturated carbocycles. The summed E-state index contributed by atoms with van der Waals surface area (Å²) in [6, 6.07) is 0. The number of hydrogen-bond acceptors (Lipinski definition) is 3. The van der Waals surface area contributed by atoms with Crippen molar-refractivity contribution < 1.29 is 22.9 Å².